The molecule has 2 aromatic carbocycles. The minimum Gasteiger partial charge on any atom is -0.340 e. The molecule has 0 aliphatic carbocycles. The molecule has 3 rings (SSSR count). The molecule has 1 heterocycles. The van der Waals surface area contributed by atoms with E-state index in [9.17, 15) is 9.18 Å². The van der Waals surface area contributed by atoms with Crippen molar-refractivity contribution in [1.29, 1.82) is 0 Å². The molecule has 0 bridgehead atoms. The monoisotopic (exact) mass is 346 g/mol. The number of fused-ring (bicyclic) bond motifs is 1. The van der Waals surface area contributed by atoms with Gasteiger partial charge in [-0.05, 0) is 42.8 Å². The molecule has 0 spiro atoms. The summed E-state index contributed by atoms with van der Waals surface area (Å²) >= 11 is 6.01. The van der Waals surface area contributed by atoms with E-state index in [2.05, 4.69) is 30.1 Å². The van der Waals surface area contributed by atoms with Crippen LogP contribution < -0.4 is 0 Å². The lowest BCUT2D eigenvalue weighted by atomic mass is 9.94. The molecule has 1 unspecified atom stereocenters. The van der Waals surface area contributed by atoms with Crippen LogP contribution in [-0.4, -0.2) is 42.4 Å². The Labute approximate surface area is 146 Å². The van der Waals surface area contributed by atoms with Crippen LogP contribution in [-0.2, 0) is 13.0 Å². The highest BCUT2D eigenvalue weighted by atomic mass is 35.5. The molecule has 126 valence electrons. The molecule has 5 heteroatoms. The zero-order chi connectivity index (χ0) is 17.3. The molecule has 3 nitrogen and oxygen atoms in total. The predicted octanol–water partition coefficient (Wildman–Crippen LogP) is 3.61. The number of carbonyl (C=O) groups excluding carboxylic acids is 1. The zero-order valence-electron chi connectivity index (χ0n) is 13.8. The van der Waals surface area contributed by atoms with Crippen molar-refractivity contribution in [2.45, 2.75) is 19.0 Å². The molecular formula is C19H20ClFN2O. The number of rotatable bonds is 3. The summed E-state index contributed by atoms with van der Waals surface area (Å²) in [5.74, 6) is -0.630. The Morgan fingerprint density at radius 2 is 2.00 bits per heavy atom. The second-order valence-corrected chi connectivity index (χ2v) is 6.76. The van der Waals surface area contributed by atoms with Crippen molar-refractivity contribution in [2.24, 2.45) is 0 Å². The van der Waals surface area contributed by atoms with Gasteiger partial charge in [0.25, 0.3) is 5.91 Å². The minimum absolute atomic E-state index is 0.147. The highest BCUT2D eigenvalue weighted by Crippen LogP contribution is 2.23. The molecular weight excluding hydrogens is 327 g/mol. The largest absolute Gasteiger partial charge is 0.340 e. The first-order chi connectivity index (χ1) is 11.5. The number of amides is 1. The third-order valence-electron chi connectivity index (χ3n) is 4.61. The van der Waals surface area contributed by atoms with Gasteiger partial charge in [0.15, 0.2) is 0 Å². The number of likely N-dealkylation sites (N-methyl/N-ethyl adjacent to an activating group) is 2. The van der Waals surface area contributed by atoms with E-state index in [1.807, 2.05) is 6.07 Å². The maximum Gasteiger partial charge on any atom is 0.255 e. The second kappa shape index (κ2) is 6.91. The molecule has 1 amide bonds. The van der Waals surface area contributed by atoms with Gasteiger partial charge in [-0.1, -0.05) is 35.9 Å². The summed E-state index contributed by atoms with van der Waals surface area (Å²) < 4.78 is 13.2. The Morgan fingerprint density at radius 1 is 1.29 bits per heavy atom. The van der Waals surface area contributed by atoms with Crippen LogP contribution in [0.3, 0.4) is 0 Å². The normalized spacial score (nSPS) is 17.4. The second-order valence-electron chi connectivity index (χ2n) is 6.35. The molecule has 1 aliphatic rings. The first-order valence-corrected chi connectivity index (χ1v) is 8.31. The standard InChI is InChI=1S/C19H20ClFN2O/c1-22-11-14-6-4-3-5-13(14)9-16(22)12-23(2)19(24)17-8-7-15(21)10-18(17)20/h3-8,10,16H,9,11-12H2,1-2H3. The fourth-order valence-electron chi connectivity index (χ4n) is 3.19. The fraction of sp³-hybridized carbons (Fsp3) is 0.316. The number of nitrogens with zero attached hydrogens (tertiary/aromatic N) is 2. The minimum atomic E-state index is -0.442. The third kappa shape index (κ3) is 3.45. The Balaban J connectivity index is 1.72. The van der Waals surface area contributed by atoms with E-state index in [1.165, 1.54) is 29.3 Å². The Morgan fingerprint density at radius 3 is 2.71 bits per heavy atom. The third-order valence-corrected chi connectivity index (χ3v) is 4.92. The van der Waals surface area contributed by atoms with Gasteiger partial charge >= 0.3 is 0 Å². The van der Waals surface area contributed by atoms with Crippen LogP contribution in [0.4, 0.5) is 4.39 Å². The maximum absolute atomic E-state index is 13.2. The van der Waals surface area contributed by atoms with Crippen LogP contribution in [0.1, 0.15) is 21.5 Å². The summed E-state index contributed by atoms with van der Waals surface area (Å²) in [6.45, 7) is 1.47. The molecule has 0 saturated carbocycles. The molecule has 0 aromatic heterocycles. The summed E-state index contributed by atoms with van der Waals surface area (Å²) in [4.78, 5) is 16.5. The van der Waals surface area contributed by atoms with E-state index < -0.39 is 5.82 Å². The number of carbonyl (C=O) groups is 1. The topological polar surface area (TPSA) is 23.6 Å². The number of benzene rings is 2. The summed E-state index contributed by atoms with van der Waals surface area (Å²) in [6.07, 6.45) is 0.904. The number of hydrogen-bond acceptors (Lipinski definition) is 2. The average Bonchev–Trinajstić information content (AvgIpc) is 2.55. The van der Waals surface area contributed by atoms with Crippen LogP contribution >= 0.6 is 11.6 Å². The summed E-state index contributed by atoms with van der Waals surface area (Å²) in [7, 11) is 3.83. The van der Waals surface area contributed by atoms with Crippen molar-refractivity contribution in [1.82, 2.24) is 9.80 Å². The van der Waals surface area contributed by atoms with Crippen LogP contribution in [0.2, 0.25) is 5.02 Å². The number of halogens is 2. The van der Waals surface area contributed by atoms with Crippen molar-refractivity contribution in [2.75, 3.05) is 20.6 Å². The van der Waals surface area contributed by atoms with Crippen molar-refractivity contribution < 1.29 is 9.18 Å². The Hall–Kier alpha value is -1.91. The quantitative estimate of drug-likeness (QED) is 0.847. The van der Waals surface area contributed by atoms with E-state index in [1.54, 1.807) is 11.9 Å². The predicted molar refractivity (Wildman–Crippen MR) is 93.8 cm³/mol. The first-order valence-electron chi connectivity index (χ1n) is 7.93. The van der Waals surface area contributed by atoms with Crippen molar-refractivity contribution in [3.63, 3.8) is 0 Å². The van der Waals surface area contributed by atoms with Gasteiger partial charge in [-0.15, -0.1) is 0 Å². The van der Waals surface area contributed by atoms with Crippen molar-refractivity contribution in [3.05, 3.63) is 70.0 Å². The van der Waals surface area contributed by atoms with Gasteiger partial charge < -0.3 is 4.90 Å². The average molecular weight is 347 g/mol. The number of hydrogen-bond donors (Lipinski definition) is 0. The van der Waals surface area contributed by atoms with Crippen LogP contribution in [0.5, 0.6) is 0 Å². The Kier molecular flexibility index (Phi) is 4.88. The van der Waals surface area contributed by atoms with Crippen molar-refractivity contribution >= 4 is 17.5 Å². The molecule has 1 aliphatic heterocycles. The van der Waals surface area contributed by atoms with Crippen LogP contribution in [0, 0.1) is 5.82 Å². The lowest BCUT2D eigenvalue weighted by molar-refractivity contribution is 0.0733. The maximum atomic E-state index is 13.2. The highest BCUT2D eigenvalue weighted by molar-refractivity contribution is 6.33. The molecule has 1 atom stereocenters. The first kappa shape index (κ1) is 16.9. The van der Waals surface area contributed by atoms with Gasteiger partial charge in [-0.3, -0.25) is 9.69 Å². The van der Waals surface area contributed by atoms with Crippen LogP contribution in [0.25, 0.3) is 0 Å². The molecule has 0 saturated heterocycles. The zero-order valence-corrected chi connectivity index (χ0v) is 14.6. The van der Waals surface area contributed by atoms with E-state index in [0.717, 1.165) is 13.0 Å². The lowest BCUT2D eigenvalue weighted by Crippen LogP contribution is -2.46. The van der Waals surface area contributed by atoms with Gasteiger partial charge in [0.2, 0.25) is 0 Å². The SMILES string of the molecule is CN(CC1Cc2ccccc2CN1C)C(=O)c1ccc(F)cc1Cl. The van der Waals surface area contributed by atoms with Gasteiger partial charge in [-0.2, -0.15) is 0 Å². The van der Waals surface area contributed by atoms with E-state index in [-0.39, 0.29) is 17.0 Å². The van der Waals surface area contributed by atoms with E-state index >= 15 is 0 Å². The molecule has 0 N–H and O–H groups in total. The van der Waals surface area contributed by atoms with Crippen molar-refractivity contribution in [3.8, 4) is 0 Å². The highest BCUT2D eigenvalue weighted by Gasteiger charge is 2.26. The summed E-state index contributed by atoms with van der Waals surface area (Å²) in [6, 6.07) is 12.5. The smallest absolute Gasteiger partial charge is 0.255 e. The summed E-state index contributed by atoms with van der Waals surface area (Å²) in [5, 5.41) is 0.147. The fourth-order valence-corrected chi connectivity index (χ4v) is 3.44. The van der Waals surface area contributed by atoms with E-state index in [4.69, 9.17) is 11.6 Å². The van der Waals surface area contributed by atoms with Crippen LogP contribution in [0.15, 0.2) is 42.5 Å². The lowest BCUT2D eigenvalue weighted by Gasteiger charge is -2.36. The molecule has 0 radical (unpaired) electrons. The molecule has 24 heavy (non-hydrogen) atoms. The van der Waals surface area contributed by atoms with Gasteiger partial charge in [0.05, 0.1) is 10.6 Å². The van der Waals surface area contributed by atoms with Gasteiger partial charge in [0, 0.05) is 26.2 Å². The van der Waals surface area contributed by atoms with Gasteiger partial charge in [0.1, 0.15) is 5.82 Å². The molecule has 0 fully saturated rings. The molecule has 2 aromatic rings. The Bertz CT molecular complexity index is 765. The summed E-state index contributed by atoms with van der Waals surface area (Å²) in [5.41, 5.74) is 3.01. The van der Waals surface area contributed by atoms with Gasteiger partial charge in [-0.25, -0.2) is 4.39 Å². The van der Waals surface area contributed by atoms with E-state index in [0.29, 0.717) is 12.1 Å².